The van der Waals surface area contributed by atoms with Crippen LogP contribution in [-0.2, 0) is 14.3 Å². The highest BCUT2D eigenvalue weighted by atomic mass is 32.1. The highest BCUT2D eigenvalue weighted by molar-refractivity contribution is 7.10. The first-order valence-electron chi connectivity index (χ1n) is 11.7. The molecule has 0 unspecified atom stereocenters. The molecule has 0 saturated carbocycles. The van der Waals surface area contributed by atoms with Gasteiger partial charge in [-0.15, -0.1) is 11.3 Å². The van der Waals surface area contributed by atoms with Crippen LogP contribution in [0.5, 0.6) is 0 Å². The molecule has 3 amide bonds. The molecule has 0 radical (unpaired) electrons. The molecule has 180 valence electrons. The summed E-state index contributed by atoms with van der Waals surface area (Å²) in [5.41, 5.74) is 6.30. The number of urea groups is 1. The summed E-state index contributed by atoms with van der Waals surface area (Å²) in [6.45, 7) is 5.55. The van der Waals surface area contributed by atoms with Crippen molar-refractivity contribution in [1.29, 1.82) is 0 Å². The Morgan fingerprint density at radius 2 is 1.94 bits per heavy atom. The number of primary amides is 1. The molecule has 3 aliphatic rings. The predicted octanol–water partition coefficient (Wildman–Crippen LogP) is 1.73. The van der Waals surface area contributed by atoms with Gasteiger partial charge in [0, 0.05) is 30.2 Å². The van der Waals surface area contributed by atoms with Crippen molar-refractivity contribution in [2.24, 2.45) is 5.73 Å². The zero-order chi connectivity index (χ0) is 23.4. The van der Waals surface area contributed by atoms with Gasteiger partial charge in [-0.25, -0.2) is 9.59 Å². The van der Waals surface area contributed by atoms with Crippen molar-refractivity contribution >= 4 is 29.2 Å². The summed E-state index contributed by atoms with van der Waals surface area (Å²) >= 11 is 1.48. The number of nitrogens with one attached hydrogen (secondary N) is 2. The number of rotatable bonds is 7. The lowest BCUT2D eigenvalue weighted by atomic mass is 9.83. The summed E-state index contributed by atoms with van der Waals surface area (Å²) in [5.74, 6) is -0.682. The molecule has 0 aromatic carbocycles. The normalized spacial score (nSPS) is 24.2. The lowest BCUT2D eigenvalue weighted by Gasteiger charge is -2.48. The quantitative estimate of drug-likeness (QED) is 0.517. The fourth-order valence-electron chi connectivity index (χ4n) is 5.21. The van der Waals surface area contributed by atoms with E-state index in [-0.39, 0.29) is 18.5 Å². The highest BCUT2D eigenvalue weighted by Gasteiger charge is 2.45. The minimum atomic E-state index is -0.605. The molecule has 1 atom stereocenters. The predicted molar refractivity (Wildman–Crippen MR) is 125 cm³/mol. The fraction of sp³-hybridized carbons (Fsp3) is 0.609. The minimum Gasteiger partial charge on any atom is -0.463 e. The van der Waals surface area contributed by atoms with Gasteiger partial charge in [-0.1, -0.05) is 12.5 Å². The first kappa shape index (κ1) is 23.7. The van der Waals surface area contributed by atoms with E-state index in [1.807, 2.05) is 17.5 Å². The average molecular weight is 476 g/mol. The molecule has 4 heterocycles. The van der Waals surface area contributed by atoms with E-state index in [1.165, 1.54) is 17.8 Å². The zero-order valence-corrected chi connectivity index (χ0v) is 19.9. The van der Waals surface area contributed by atoms with Crippen LogP contribution in [0.1, 0.15) is 49.9 Å². The molecule has 2 fully saturated rings. The molecular formula is C23H33N5O4S. The van der Waals surface area contributed by atoms with Crippen molar-refractivity contribution in [3.8, 4) is 0 Å². The van der Waals surface area contributed by atoms with E-state index in [0.29, 0.717) is 43.7 Å². The molecule has 9 nitrogen and oxygen atoms in total. The van der Waals surface area contributed by atoms with E-state index in [9.17, 15) is 14.4 Å². The van der Waals surface area contributed by atoms with Crippen LogP contribution in [0, 0.1) is 0 Å². The molecular weight excluding hydrogens is 442 g/mol. The fourth-order valence-corrected chi connectivity index (χ4v) is 5.99. The average Bonchev–Trinajstić information content (AvgIpc) is 3.35. The number of esters is 1. The molecule has 2 saturated heterocycles. The van der Waals surface area contributed by atoms with Gasteiger partial charge < -0.3 is 21.1 Å². The summed E-state index contributed by atoms with van der Waals surface area (Å²) < 4.78 is 5.34. The molecule has 0 bridgehead atoms. The zero-order valence-electron chi connectivity index (χ0n) is 19.1. The summed E-state index contributed by atoms with van der Waals surface area (Å²) in [7, 11) is 0. The third-order valence-corrected chi connectivity index (χ3v) is 7.90. The maximum atomic E-state index is 12.9. The van der Waals surface area contributed by atoms with Crippen LogP contribution >= 0.6 is 11.3 Å². The van der Waals surface area contributed by atoms with E-state index in [1.54, 1.807) is 6.92 Å². The Hall–Kier alpha value is -2.43. The smallest absolute Gasteiger partial charge is 0.338 e. The Balaban J connectivity index is 1.54. The Labute approximate surface area is 198 Å². The topological polar surface area (TPSA) is 117 Å². The SMILES string of the molecule is CCOC(=O)C1=C(CN2CCC(C(N)=O)(N3CCCCC3)CC2)NC(=O)N[C@@H]1c1cccs1. The van der Waals surface area contributed by atoms with E-state index < -0.39 is 17.6 Å². The summed E-state index contributed by atoms with van der Waals surface area (Å²) in [4.78, 5) is 43.2. The number of hydrogen-bond acceptors (Lipinski definition) is 7. The van der Waals surface area contributed by atoms with Gasteiger partial charge in [-0.2, -0.15) is 0 Å². The van der Waals surface area contributed by atoms with E-state index in [2.05, 4.69) is 20.4 Å². The number of thiophene rings is 1. The van der Waals surface area contributed by atoms with Crippen LogP contribution in [0.2, 0.25) is 0 Å². The first-order chi connectivity index (χ1) is 15.9. The van der Waals surface area contributed by atoms with Gasteiger partial charge in [-0.05, 0) is 57.1 Å². The van der Waals surface area contributed by atoms with Crippen LogP contribution in [-0.4, -0.2) is 72.6 Å². The van der Waals surface area contributed by atoms with Crippen LogP contribution < -0.4 is 16.4 Å². The Morgan fingerprint density at radius 1 is 1.21 bits per heavy atom. The van der Waals surface area contributed by atoms with Crippen molar-refractivity contribution in [2.45, 2.75) is 50.6 Å². The summed E-state index contributed by atoms with van der Waals surface area (Å²) in [6.07, 6.45) is 4.67. The molecule has 1 aromatic rings. The van der Waals surface area contributed by atoms with Crippen LogP contribution in [0.4, 0.5) is 4.79 Å². The monoisotopic (exact) mass is 475 g/mol. The van der Waals surface area contributed by atoms with Gasteiger partial charge in [0.2, 0.25) is 5.91 Å². The largest absolute Gasteiger partial charge is 0.463 e. The number of likely N-dealkylation sites (tertiary alicyclic amines) is 2. The van der Waals surface area contributed by atoms with Gasteiger partial charge in [0.25, 0.3) is 0 Å². The van der Waals surface area contributed by atoms with Crippen molar-refractivity contribution in [3.05, 3.63) is 33.7 Å². The second kappa shape index (κ2) is 10.2. The molecule has 1 aromatic heterocycles. The van der Waals surface area contributed by atoms with E-state index >= 15 is 0 Å². The first-order valence-corrected chi connectivity index (χ1v) is 12.6. The molecule has 0 aliphatic carbocycles. The van der Waals surface area contributed by atoms with Crippen molar-refractivity contribution < 1.29 is 19.1 Å². The molecule has 33 heavy (non-hydrogen) atoms. The maximum absolute atomic E-state index is 12.9. The lowest BCUT2D eigenvalue weighted by molar-refractivity contribution is -0.139. The number of carbonyl (C=O) groups is 3. The summed E-state index contributed by atoms with van der Waals surface area (Å²) in [5, 5.41) is 7.62. The number of nitrogens with two attached hydrogens (primary N) is 1. The molecule has 10 heteroatoms. The third-order valence-electron chi connectivity index (χ3n) is 6.96. The van der Waals surface area contributed by atoms with Crippen LogP contribution in [0.25, 0.3) is 0 Å². The van der Waals surface area contributed by atoms with Gasteiger partial charge in [0.15, 0.2) is 0 Å². The van der Waals surface area contributed by atoms with Gasteiger partial charge >= 0.3 is 12.0 Å². The Kier molecular flexibility index (Phi) is 7.35. The number of hydrogen-bond donors (Lipinski definition) is 3. The molecule has 4 N–H and O–H groups in total. The number of ether oxygens (including phenoxy) is 1. The Morgan fingerprint density at radius 3 is 2.55 bits per heavy atom. The van der Waals surface area contributed by atoms with E-state index in [0.717, 1.165) is 30.8 Å². The molecule has 3 aliphatic heterocycles. The van der Waals surface area contributed by atoms with Gasteiger partial charge in [0.05, 0.1) is 18.2 Å². The Bertz CT molecular complexity index is 902. The number of piperidine rings is 2. The summed E-state index contributed by atoms with van der Waals surface area (Å²) in [6, 6.07) is 2.91. The second-order valence-corrected chi connectivity index (χ2v) is 9.86. The van der Waals surface area contributed by atoms with Gasteiger partial charge in [0.1, 0.15) is 5.54 Å². The second-order valence-electron chi connectivity index (χ2n) is 8.88. The molecule has 0 spiro atoms. The van der Waals surface area contributed by atoms with Crippen LogP contribution in [0.3, 0.4) is 0 Å². The van der Waals surface area contributed by atoms with E-state index in [4.69, 9.17) is 10.5 Å². The highest BCUT2D eigenvalue weighted by Crippen LogP contribution is 2.34. The maximum Gasteiger partial charge on any atom is 0.338 e. The number of carbonyl (C=O) groups excluding carboxylic acids is 3. The van der Waals surface area contributed by atoms with Crippen molar-refractivity contribution in [1.82, 2.24) is 20.4 Å². The van der Waals surface area contributed by atoms with Gasteiger partial charge in [-0.3, -0.25) is 14.6 Å². The standard InChI is InChI=1S/C23H33N5O4S/c1-2-32-20(29)18-16(25-22(31)26-19(18)17-7-6-14-33-17)15-27-12-8-23(9-13-27,21(24)30)28-10-4-3-5-11-28/h6-7,14,19H,2-5,8-13,15H2,1H3,(H2,24,30)(H2,25,26,31)/t19-/m1/s1. The number of amides is 3. The van der Waals surface area contributed by atoms with Crippen LogP contribution in [0.15, 0.2) is 28.8 Å². The minimum absolute atomic E-state index is 0.247. The van der Waals surface area contributed by atoms with Crippen molar-refractivity contribution in [2.75, 3.05) is 39.3 Å². The third kappa shape index (κ3) is 4.92. The lowest BCUT2D eigenvalue weighted by Crippen LogP contribution is -2.63. The number of nitrogens with zero attached hydrogens (tertiary/aromatic N) is 2. The molecule has 4 rings (SSSR count). The van der Waals surface area contributed by atoms with Crippen molar-refractivity contribution in [3.63, 3.8) is 0 Å².